The first-order valence-electron chi connectivity index (χ1n) is 7.56. The standard InChI is InChI=1S/C20H13OPS/c21-22(15-8-2-1-3-9-15)18-11-5-7-14-6-4-10-16(19(14)18)17-12-13-23-20(17)22/h1-13H. The molecule has 0 saturated heterocycles. The first-order chi connectivity index (χ1) is 11.3. The van der Waals surface area contributed by atoms with Crippen LogP contribution in [0.4, 0.5) is 0 Å². The Morgan fingerprint density at radius 3 is 2.35 bits per heavy atom. The van der Waals surface area contributed by atoms with Gasteiger partial charge in [0.15, 0.2) is 7.14 Å². The summed E-state index contributed by atoms with van der Waals surface area (Å²) in [6.45, 7) is 0. The Morgan fingerprint density at radius 2 is 1.52 bits per heavy atom. The van der Waals surface area contributed by atoms with E-state index in [-0.39, 0.29) is 0 Å². The van der Waals surface area contributed by atoms with Crippen molar-refractivity contribution in [1.82, 2.24) is 0 Å². The van der Waals surface area contributed by atoms with Crippen molar-refractivity contribution in [2.24, 2.45) is 0 Å². The average Bonchev–Trinajstić information content (AvgIpc) is 3.11. The smallest absolute Gasteiger partial charge is 0.181 e. The van der Waals surface area contributed by atoms with Gasteiger partial charge in [0.25, 0.3) is 0 Å². The normalized spacial score (nSPS) is 18.8. The van der Waals surface area contributed by atoms with Gasteiger partial charge in [0, 0.05) is 21.6 Å². The maximum Gasteiger partial charge on any atom is 0.181 e. The van der Waals surface area contributed by atoms with E-state index in [4.69, 9.17) is 0 Å². The van der Waals surface area contributed by atoms with Crippen LogP contribution in [-0.4, -0.2) is 0 Å². The molecule has 0 spiro atoms. The average molecular weight is 332 g/mol. The number of thiophene rings is 1. The molecular weight excluding hydrogens is 319 g/mol. The molecule has 1 aliphatic heterocycles. The van der Waals surface area contributed by atoms with Gasteiger partial charge in [0.2, 0.25) is 0 Å². The van der Waals surface area contributed by atoms with E-state index in [1.807, 2.05) is 42.5 Å². The van der Waals surface area contributed by atoms with Crippen molar-refractivity contribution in [2.45, 2.75) is 0 Å². The van der Waals surface area contributed by atoms with Crippen molar-refractivity contribution in [3.05, 3.63) is 78.2 Å². The van der Waals surface area contributed by atoms with Crippen LogP contribution in [0.2, 0.25) is 0 Å². The molecule has 2 heterocycles. The van der Waals surface area contributed by atoms with Crippen LogP contribution in [0.1, 0.15) is 0 Å². The number of benzene rings is 3. The third-order valence-corrected chi connectivity index (χ3v) is 9.26. The second kappa shape index (κ2) is 4.67. The molecule has 3 heteroatoms. The van der Waals surface area contributed by atoms with Crippen LogP contribution in [-0.2, 0) is 4.57 Å². The highest BCUT2D eigenvalue weighted by atomic mass is 32.1. The van der Waals surface area contributed by atoms with Gasteiger partial charge in [-0.1, -0.05) is 66.7 Å². The van der Waals surface area contributed by atoms with Gasteiger partial charge >= 0.3 is 0 Å². The SMILES string of the molecule is O=P1(c2ccccc2)c2sccc2-c2cccc3cccc1c23. The van der Waals surface area contributed by atoms with E-state index in [2.05, 4.69) is 35.7 Å². The van der Waals surface area contributed by atoms with Gasteiger partial charge in [-0.05, 0) is 22.4 Å². The molecule has 4 aromatic rings. The molecular formula is C20H13OPS. The van der Waals surface area contributed by atoms with Crippen molar-refractivity contribution in [3.63, 3.8) is 0 Å². The lowest BCUT2D eigenvalue weighted by Gasteiger charge is -2.27. The highest BCUT2D eigenvalue weighted by molar-refractivity contribution is 7.89. The van der Waals surface area contributed by atoms with Gasteiger partial charge in [0.1, 0.15) is 0 Å². The molecule has 1 unspecified atom stereocenters. The molecule has 1 atom stereocenters. The van der Waals surface area contributed by atoms with Gasteiger partial charge in [-0.25, -0.2) is 0 Å². The fourth-order valence-corrected chi connectivity index (χ4v) is 8.31. The minimum absolute atomic E-state index is 0.922. The summed E-state index contributed by atoms with van der Waals surface area (Å²) in [7, 11) is -2.80. The Kier molecular flexibility index (Phi) is 2.70. The van der Waals surface area contributed by atoms with Gasteiger partial charge in [-0.15, -0.1) is 11.3 Å². The van der Waals surface area contributed by atoms with E-state index in [1.165, 1.54) is 5.56 Å². The first-order valence-corrected chi connectivity index (χ1v) is 10.2. The van der Waals surface area contributed by atoms with Crippen LogP contribution in [0.3, 0.4) is 0 Å². The summed E-state index contributed by atoms with van der Waals surface area (Å²) in [6.07, 6.45) is 0. The monoisotopic (exact) mass is 332 g/mol. The molecule has 0 bridgehead atoms. The predicted molar refractivity (Wildman–Crippen MR) is 100 cm³/mol. The second-order valence-electron chi connectivity index (χ2n) is 5.77. The molecule has 1 aromatic heterocycles. The summed E-state index contributed by atoms with van der Waals surface area (Å²) in [5.74, 6) is 0. The van der Waals surface area contributed by atoms with Crippen molar-refractivity contribution in [2.75, 3.05) is 0 Å². The Balaban J connectivity index is 2.02. The lowest BCUT2D eigenvalue weighted by atomic mass is 10.00. The first kappa shape index (κ1) is 13.3. The zero-order valence-electron chi connectivity index (χ0n) is 12.3. The number of rotatable bonds is 1. The Morgan fingerprint density at radius 1 is 0.739 bits per heavy atom. The second-order valence-corrected chi connectivity index (χ2v) is 9.65. The van der Waals surface area contributed by atoms with E-state index >= 15 is 0 Å². The molecule has 23 heavy (non-hydrogen) atoms. The Bertz CT molecular complexity index is 1090. The number of hydrogen-bond donors (Lipinski definition) is 0. The lowest BCUT2D eigenvalue weighted by Crippen LogP contribution is -2.28. The molecule has 0 fully saturated rings. The molecule has 0 amide bonds. The van der Waals surface area contributed by atoms with Gasteiger partial charge in [-0.2, -0.15) is 0 Å². The summed E-state index contributed by atoms with van der Waals surface area (Å²) in [6, 6.07) is 24.5. The van der Waals surface area contributed by atoms with Crippen LogP contribution in [0.25, 0.3) is 21.9 Å². The summed E-state index contributed by atoms with van der Waals surface area (Å²) in [4.78, 5) is 0. The van der Waals surface area contributed by atoms with Crippen molar-refractivity contribution >= 4 is 44.5 Å². The molecule has 5 rings (SSSR count). The zero-order chi connectivity index (χ0) is 15.4. The van der Waals surface area contributed by atoms with Crippen molar-refractivity contribution < 1.29 is 4.57 Å². The topological polar surface area (TPSA) is 17.1 Å². The van der Waals surface area contributed by atoms with Crippen LogP contribution >= 0.6 is 18.5 Å². The molecule has 3 aromatic carbocycles. The van der Waals surface area contributed by atoms with E-state index in [0.717, 1.165) is 31.6 Å². The summed E-state index contributed by atoms with van der Waals surface area (Å²) >= 11 is 1.61. The summed E-state index contributed by atoms with van der Waals surface area (Å²) < 4.78 is 15.3. The van der Waals surface area contributed by atoms with Gasteiger partial charge in [-0.3, -0.25) is 0 Å². The largest absolute Gasteiger partial charge is 0.308 e. The molecule has 0 radical (unpaired) electrons. The molecule has 1 nitrogen and oxygen atoms in total. The molecule has 110 valence electrons. The molecule has 0 aliphatic carbocycles. The maximum absolute atomic E-state index is 14.3. The number of fused-ring (bicyclic) bond motifs is 2. The van der Waals surface area contributed by atoms with Gasteiger partial charge < -0.3 is 4.57 Å². The van der Waals surface area contributed by atoms with E-state index in [9.17, 15) is 4.57 Å². The third kappa shape index (κ3) is 1.65. The van der Waals surface area contributed by atoms with E-state index in [0.29, 0.717) is 0 Å². The summed E-state index contributed by atoms with van der Waals surface area (Å²) in [5, 5.41) is 6.27. The minimum atomic E-state index is -2.80. The lowest BCUT2D eigenvalue weighted by molar-refractivity contribution is 0.593. The number of hydrogen-bond acceptors (Lipinski definition) is 2. The molecule has 1 aliphatic rings. The van der Waals surface area contributed by atoms with E-state index < -0.39 is 7.14 Å². The molecule has 0 saturated carbocycles. The van der Waals surface area contributed by atoms with E-state index in [1.54, 1.807) is 11.3 Å². The zero-order valence-corrected chi connectivity index (χ0v) is 14.0. The Labute approximate surface area is 138 Å². The van der Waals surface area contributed by atoms with Crippen LogP contribution < -0.4 is 15.2 Å². The highest BCUT2D eigenvalue weighted by Gasteiger charge is 2.38. The van der Waals surface area contributed by atoms with Gasteiger partial charge in [0.05, 0.1) is 4.62 Å². The van der Waals surface area contributed by atoms with Crippen LogP contribution in [0.5, 0.6) is 0 Å². The van der Waals surface area contributed by atoms with Crippen molar-refractivity contribution in [3.8, 4) is 11.1 Å². The Hall–Kier alpha value is -2.15. The fraction of sp³-hybridized carbons (Fsp3) is 0. The molecule has 0 N–H and O–H groups in total. The van der Waals surface area contributed by atoms with Crippen LogP contribution in [0, 0.1) is 0 Å². The predicted octanol–water partition coefficient (Wildman–Crippen LogP) is 4.52. The van der Waals surface area contributed by atoms with Crippen LogP contribution in [0.15, 0.2) is 78.2 Å². The quantitative estimate of drug-likeness (QED) is 0.413. The minimum Gasteiger partial charge on any atom is -0.308 e. The summed E-state index contributed by atoms with van der Waals surface area (Å²) in [5.41, 5.74) is 2.34. The third-order valence-electron chi connectivity index (χ3n) is 4.56. The fourth-order valence-electron chi connectivity index (χ4n) is 3.56. The maximum atomic E-state index is 14.3. The highest BCUT2D eigenvalue weighted by Crippen LogP contribution is 2.53. The van der Waals surface area contributed by atoms with Crippen molar-refractivity contribution in [1.29, 1.82) is 0 Å².